The molecule has 3 aliphatic rings. The van der Waals surface area contributed by atoms with Crippen molar-refractivity contribution in [2.45, 2.75) is 63.7 Å². The van der Waals surface area contributed by atoms with Gasteiger partial charge in [-0.1, -0.05) is 30.3 Å². The van der Waals surface area contributed by atoms with Crippen LogP contribution >= 0.6 is 0 Å². The number of hydrogen-bond donors (Lipinski definition) is 1. The van der Waals surface area contributed by atoms with Crippen molar-refractivity contribution >= 4 is 12.0 Å². The molecule has 1 atom stereocenters. The summed E-state index contributed by atoms with van der Waals surface area (Å²) >= 11 is 0. The van der Waals surface area contributed by atoms with Crippen molar-refractivity contribution in [1.29, 1.82) is 0 Å². The van der Waals surface area contributed by atoms with Crippen LogP contribution in [0.5, 0.6) is 0 Å². The van der Waals surface area contributed by atoms with E-state index in [0.29, 0.717) is 13.1 Å². The number of amides is 2. The van der Waals surface area contributed by atoms with Crippen LogP contribution in [0.3, 0.4) is 0 Å². The van der Waals surface area contributed by atoms with E-state index in [-0.39, 0.29) is 30.8 Å². The van der Waals surface area contributed by atoms with Crippen molar-refractivity contribution < 1.29 is 19.4 Å². The molecule has 2 aliphatic heterocycles. The minimum Gasteiger partial charge on any atom is -0.445 e. The van der Waals surface area contributed by atoms with Crippen molar-refractivity contribution in [2.24, 2.45) is 5.41 Å². The first kappa shape index (κ1) is 19.2. The number of piperidine rings is 1. The maximum Gasteiger partial charge on any atom is 0.410 e. The van der Waals surface area contributed by atoms with Crippen LogP contribution in [-0.2, 0) is 16.1 Å². The quantitative estimate of drug-likeness (QED) is 0.867. The lowest BCUT2D eigenvalue weighted by atomic mass is 9.78. The number of rotatable bonds is 3. The van der Waals surface area contributed by atoms with E-state index in [2.05, 4.69) is 0 Å². The number of aliphatic hydroxyl groups is 1. The van der Waals surface area contributed by atoms with Gasteiger partial charge in [-0.15, -0.1) is 0 Å². The number of aliphatic hydroxyl groups excluding tert-OH is 1. The van der Waals surface area contributed by atoms with Crippen LogP contribution < -0.4 is 0 Å². The predicted molar refractivity (Wildman–Crippen MR) is 104 cm³/mol. The lowest BCUT2D eigenvalue weighted by Crippen LogP contribution is -2.51. The number of nitrogens with zero attached hydrogens (tertiary/aromatic N) is 2. The zero-order chi connectivity index (χ0) is 19.6. The highest BCUT2D eigenvalue weighted by Gasteiger charge is 2.51. The molecule has 1 N–H and O–H groups in total. The second-order valence-electron chi connectivity index (χ2n) is 8.56. The molecule has 1 saturated carbocycles. The highest BCUT2D eigenvalue weighted by atomic mass is 16.6. The summed E-state index contributed by atoms with van der Waals surface area (Å²) in [5, 5.41) is 9.75. The molecule has 6 nitrogen and oxygen atoms in total. The summed E-state index contributed by atoms with van der Waals surface area (Å²) in [6, 6.07) is 9.90. The van der Waals surface area contributed by atoms with Crippen LogP contribution in [0.1, 0.15) is 50.5 Å². The molecule has 0 radical (unpaired) electrons. The Bertz CT molecular complexity index is 702. The molecular formula is C22H30N2O4. The number of ether oxygens (including phenoxy) is 1. The molecule has 28 heavy (non-hydrogen) atoms. The first-order valence-corrected chi connectivity index (χ1v) is 10.5. The SMILES string of the molecule is O=C(OCc1ccccc1)N1CCC[C@]2(CCN(C3CCC(O)CC3)C2=O)C1. The van der Waals surface area contributed by atoms with Crippen molar-refractivity contribution in [3.05, 3.63) is 35.9 Å². The molecule has 2 amide bonds. The minimum atomic E-state index is -0.444. The van der Waals surface area contributed by atoms with Crippen molar-refractivity contribution in [1.82, 2.24) is 9.80 Å². The normalized spacial score (nSPS) is 30.7. The van der Waals surface area contributed by atoms with Crippen LogP contribution in [0.4, 0.5) is 4.79 Å². The first-order chi connectivity index (χ1) is 13.6. The maximum absolute atomic E-state index is 13.3. The summed E-state index contributed by atoms with van der Waals surface area (Å²) in [4.78, 5) is 29.6. The third-order valence-corrected chi connectivity index (χ3v) is 6.69. The molecule has 0 unspecified atom stereocenters. The van der Waals surface area contributed by atoms with Gasteiger partial charge in [0.05, 0.1) is 11.5 Å². The van der Waals surface area contributed by atoms with E-state index in [0.717, 1.165) is 57.1 Å². The fourth-order valence-electron chi connectivity index (χ4n) is 5.04. The third kappa shape index (κ3) is 3.88. The number of carbonyl (C=O) groups is 2. The fraction of sp³-hybridized carbons (Fsp3) is 0.636. The van der Waals surface area contributed by atoms with Gasteiger partial charge in [-0.25, -0.2) is 4.79 Å². The smallest absolute Gasteiger partial charge is 0.410 e. The molecule has 1 aromatic carbocycles. The fourth-order valence-corrected chi connectivity index (χ4v) is 5.04. The monoisotopic (exact) mass is 386 g/mol. The van der Waals surface area contributed by atoms with E-state index in [1.165, 1.54) is 0 Å². The Morgan fingerprint density at radius 3 is 2.61 bits per heavy atom. The number of carbonyl (C=O) groups excluding carboxylic acids is 2. The highest BCUT2D eigenvalue weighted by molar-refractivity contribution is 5.86. The Labute approximate surface area is 166 Å². The van der Waals surface area contributed by atoms with E-state index < -0.39 is 5.41 Å². The molecule has 2 saturated heterocycles. The maximum atomic E-state index is 13.3. The van der Waals surface area contributed by atoms with Crippen molar-refractivity contribution in [3.8, 4) is 0 Å². The molecule has 1 spiro atoms. The van der Waals surface area contributed by atoms with E-state index in [4.69, 9.17) is 4.74 Å². The zero-order valence-corrected chi connectivity index (χ0v) is 16.4. The Morgan fingerprint density at radius 1 is 1.11 bits per heavy atom. The average molecular weight is 386 g/mol. The summed E-state index contributed by atoms with van der Waals surface area (Å²) in [5.41, 5.74) is 0.519. The lowest BCUT2D eigenvalue weighted by Gasteiger charge is -2.40. The lowest BCUT2D eigenvalue weighted by molar-refractivity contribution is -0.141. The van der Waals surface area contributed by atoms with Gasteiger partial charge < -0.3 is 19.6 Å². The molecule has 3 fully saturated rings. The summed E-state index contributed by atoms with van der Waals surface area (Å²) in [5.74, 6) is 0.203. The first-order valence-electron chi connectivity index (χ1n) is 10.5. The van der Waals surface area contributed by atoms with E-state index in [1.807, 2.05) is 35.2 Å². The van der Waals surface area contributed by atoms with Gasteiger partial charge in [0.15, 0.2) is 0 Å². The van der Waals surface area contributed by atoms with Gasteiger partial charge in [-0.2, -0.15) is 0 Å². The van der Waals surface area contributed by atoms with Gasteiger partial charge in [-0.05, 0) is 50.5 Å². The highest BCUT2D eigenvalue weighted by Crippen LogP contribution is 2.42. The Hall–Kier alpha value is -2.08. The Balaban J connectivity index is 1.36. The topological polar surface area (TPSA) is 70.1 Å². The number of likely N-dealkylation sites (tertiary alicyclic amines) is 2. The Kier molecular flexibility index (Phi) is 5.58. The minimum absolute atomic E-state index is 0.203. The van der Waals surface area contributed by atoms with Gasteiger partial charge in [-0.3, -0.25) is 4.79 Å². The molecule has 1 aliphatic carbocycles. The number of hydrogen-bond acceptors (Lipinski definition) is 4. The molecule has 6 heteroatoms. The number of benzene rings is 1. The van der Waals surface area contributed by atoms with Gasteiger partial charge in [0, 0.05) is 25.7 Å². The van der Waals surface area contributed by atoms with Crippen LogP contribution in [0.25, 0.3) is 0 Å². The standard InChI is InChI=1S/C22H30N2O4/c25-19-9-7-18(8-10-19)24-14-12-22(20(24)26)11-4-13-23(16-22)21(27)28-15-17-5-2-1-3-6-17/h1-3,5-6,18-19,25H,4,7-16H2/t18?,19?,22-/m0/s1. The largest absolute Gasteiger partial charge is 0.445 e. The molecule has 152 valence electrons. The van der Waals surface area contributed by atoms with E-state index >= 15 is 0 Å². The summed E-state index contributed by atoms with van der Waals surface area (Å²) in [6.45, 7) is 2.14. The van der Waals surface area contributed by atoms with Gasteiger partial charge >= 0.3 is 6.09 Å². The predicted octanol–water partition coefficient (Wildman–Crippen LogP) is 2.94. The molecule has 0 aromatic heterocycles. The van der Waals surface area contributed by atoms with E-state index in [9.17, 15) is 14.7 Å². The zero-order valence-electron chi connectivity index (χ0n) is 16.4. The van der Waals surface area contributed by atoms with Crippen LogP contribution in [0, 0.1) is 5.41 Å². The van der Waals surface area contributed by atoms with Gasteiger partial charge in [0.25, 0.3) is 0 Å². The van der Waals surface area contributed by atoms with Crippen LogP contribution in [-0.4, -0.2) is 58.7 Å². The van der Waals surface area contributed by atoms with Gasteiger partial charge in [0.2, 0.25) is 5.91 Å². The molecule has 2 heterocycles. The summed E-state index contributed by atoms with van der Waals surface area (Å²) in [6.07, 6.45) is 5.27. The van der Waals surface area contributed by atoms with E-state index in [1.54, 1.807) is 4.90 Å². The third-order valence-electron chi connectivity index (χ3n) is 6.69. The van der Waals surface area contributed by atoms with Crippen LogP contribution in [0.2, 0.25) is 0 Å². The molecule has 0 bridgehead atoms. The van der Waals surface area contributed by atoms with Crippen LogP contribution in [0.15, 0.2) is 30.3 Å². The van der Waals surface area contributed by atoms with Gasteiger partial charge in [0.1, 0.15) is 6.61 Å². The molecule has 1 aromatic rings. The molecule has 4 rings (SSSR count). The summed E-state index contributed by atoms with van der Waals surface area (Å²) in [7, 11) is 0. The second kappa shape index (κ2) is 8.11. The Morgan fingerprint density at radius 2 is 1.86 bits per heavy atom. The second-order valence-corrected chi connectivity index (χ2v) is 8.56. The van der Waals surface area contributed by atoms with Crippen molar-refractivity contribution in [3.63, 3.8) is 0 Å². The van der Waals surface area contributed by atoms with Crippen molar-refractivity contribution in [2.75, 3.05) is 19.6 Å². The molecular weight excluding hydrogens is 356 g/mol. The average Bonchev–Trinajstić information content (AvgIpc) is 3.03. The summed E-state index contributed by atoms with van der Waals surface area (Å²) < 4.78 is 5.49.